The van der Waals surface area contributed by atoms with Gasteiger partial charge in [0.25, 0.3) is 0 Å². The molecule has 7 heteroatoms. The van der Waals surface area contributed by atoms with Crippen molar-refractivity contribution in [1.29, 1.82) is 0 Å². The van der Waals surface area contributed by atoms with E-state index in [-0.39, 0.29) is 19.1 Å². The molecule has 1 heterocycles. The molecule has 4 nitrogen and oxygen atoms in total. The van der Waals surface area contributed by atoms with Crippen molar-refractivity contribution in [3.05, 3.63) is 46.3 Å². The number of nitrogen functional groups attached to an aromatic ring is 1. The van der Waals surface area contributed by atoms with E-state index in [0.717, 1.165) is 11.3 Å². The highest BCUT2D eigenvalue weighted by Crippen LogP contribution is 2.20. The fourth-order valence-electron chi connectivity index (χ4n) is 1.36. The highest BCUT2D eigenvalue weighted by molar-refractivity contribution is 6.33. The Morgan fingerprint density at radius 3 is 2.83 bits per heavy atom. The Morgan fingerprint density at radius 1 is 1.33 bits per heavy atom. The van der Waals surface area contributed by atoms with Gasteiger partial charge < -0.3 is 23.5 Å². The molecule has 0 aliphatic heterocycles. The highest BCUT2D eigenvalue weighted by Gasteiger charge is 2.03. The van der Waals surface area contributed by atoms with E-state index < -0.39 is 0 Å². The van der Waals surface area contributed by atoms with Crippen LogP contribution in [0, 0.1) is 0 Å². The van der Waals surface area contributed by atoms with Gasteiger partial charge in [0, 0.05) is 12.2 Å². The number of anilines is 2. The van der Waals surface area contributed by atoms with E-state index in [1.807, 2.05) is 24.3 Å². The molecule has 0 aliphatic rings. The van der Waals surface area contributed by atoms with Gasteiger partial charge in [-0.1, -0.05) is 23.7 Å². The van der Waals surface area contributed by atoms with Crippen molar-refractivity contribution in [3.8, 4) is 0 Å². The van der Waals surface area contributed by atoms with Crippen LogP contribution in [0.5, 0.6) is 0 Å². The van der Waals surface area contributed by atoms with E-state index in [1.54, 1.807) is 0 Å². The normalized spacial score (nSPS) is 9.67. The minimum absolute atomic E-state index is 0. The van der Waals surface area contributed by atoms with E-state index in [0.29, 0.717) is 17.4 Å². The molecule has 2 rings (SSSR count). The Hall–Kier alpha value is -1.23. The number of nitrogens with zero attached hydrogens (tertiary/aromatic N) is 2. The zero-order valence-corrected chi connectivity index (χ0v) is 11.5. The second kappa shape index (κ2) is 6.64. The molecule has 0 aliphatic carbocycles. The molecule has 0 saturated heterocycles. The summed E-state index contributed by atoms with van der Waals surface area (Å²) in [6, 6.07) is 7.56. The van der Waals surface area contributed by atoms with E-state index in [9.17, 15) is 0 Å². The first-order chi connectivity index (χ1) is 8.15. The summed E-state index contributed by atoms with van der Waals surface area (Å²) >= 11 is 11.6. The smallest absolute Gasteiger partial charge is 1.00 e. The van der Waals surface area contributed by atoms with Crippen molar-refractivity contribution in [1.82, 2.24) is 9.97 Å². The molecule has 96 valence electrons. The number of rotatable bonds is 3. The summed E-state index contributed by atoms with van der Waals surface area (Å²) < 4.78 is 0. The first-order valence-corrected chi connectivity index (χ1v) is 5.67. The van der Waals surface area contributed by atoms with Crippen LogP contribution in [0.2, 0.25) is 10.3 Å². The van der Waals surface area contributed by atoms with Crippen LogP contribution in [0.15, 0.2) is 30.5 Å². The SMILES string of the molecule is Nc1cccc(CNc2nc(Cl)ncc2Cl)c1.[Cl-].[H+]. The van der Waals surface area contributed by atoms with Gasteiger partial charge in [-0.05, 0) is 29.3 Å². The zero-order chi connectivity index (χ0) is 12.3. The fraction of sp³-hybridized carbons (Fsp3) is 0.0909. The number of aromatic nitrogens is 2. The van der Waals surface area contributed by atoms with Crippen molar-refractivity contribution in [2.45, 2.75) is 6.54 Å². The van der Waals surface area contributed by atoms with E-state index in [4.69, 9.17) is 28.9 Å². The van der Waals surface area contributed by atoms with E-state index in [2.05, 4.69) is 15.3 Å². The Bertz CT molecular complexity index is 539. The summed E-state index contributed by atoms with van der Waals surface area (Å²) in [5.74, 6) is 0.508. The molecule has 0 spiro atoms. The minimum atomic E-state index is 0. The molecule has 0 radical (unpaired) electrons. The number of benzene rings is 1. The fourth-order valence-corrected chi connectivity index (χ4v) is 1.65. The van der Waals surface area contributed by atoms with Crippen LogP contribution in [-0.2, 0) is 6.54 Å². The lowest BCUT2D eigenvalue weighted by atomic mass is 10.2. The monoisotopic (exact) mass is 304 g/mol. The number of nitrogens with one attached hydrogen (secondary N) is 1. The van der Waals surface area contributed by atoms with Crippen molar-refractivity contribution in [3.63, 3.8) is 0 Å². The predicted molar refractivity (Wildman–Crippen MR) is 71.3 cm³/mol. The summed E-state index contributed by atoms with van der Waals surface area (Å²) in [7, 11) is 0. The van der Waals surface area contributed by atoms with Crippen LogP contribution < -0.4 is 23.5 Å². The molecule has 3 N–H and O–H groups in total. The number of nitrogens with two attached hydrogens (primary N) is 1. The molecule has 1 aromatic carbocycles. The largest absolute Gasteiger partial charge is 1.00 e. The molecule has 0 atom stereocenters. The Kier molecular flexibility index (Phi) is 5.47. The van der Waals surface area contributed by atoms with Crippen LogP contribution >= 0.6 is 23.2 Å². The topological polar surface area (TPSA) is 63.8 Å². The van der Waals surface area contributed by atoms with Gasteiger partial charge in [0.2, 0.25) is 5.28 Å². The van der Waals surface area contributed by atoms with Crippen LogP contribution in [-0.4, -0.2) is 9.97 Å². The zero-order valence-electron chi connectivity index (χ0n) is 10.2. The average molecular weight is 306 g/mol. The second-order valence-corrected chi connectivity index (χ2v) is 4.18. The summed E-state index contributed by atoms with van der Waals surface area (Å²) in [5, 5.41) is 3.66. The Labute approximate surface area is 122 Å². The summed E-state index contributed by atoms with van der Waals surface area (Å²) in [4.78, 5) is 7.76. The van der Waals surface area contributed by atoms with Crippen molar-refractivity contribution in [2.75, 3.05) is 11.1 Å². The van der Waals surface area contributed by atoms with Gasteiger partial charge in [-0.3, -0.25) is 0 Å². The molecular formula is C11H11Cl3N4. The lowest BCUT2D eigenvalue weighted by Crippen LogP contribution is -3.00. The lowest BCUT2D eigenvalue weighted by molar-refractivity contribution is -0.00000344. The first-order valence-electron chi connectivity index (χ1n) is 4.91. The third-order valence-corrected chi connectivity index (χ3v) is 2.58. The maximum Gasteiger partial charge on any atom is 1.00 e. The van der Waals surface area contributed by atoms with E-state index in [1.165, 1.54) is 6.20 Å². The molecular weight excluding hydrogens is 295 g/mol. The van der Waals surface area contributed by atoms with Crippen LogP contribution in [0.3, 0.4) is 0 Å². The molecule has 0 fully saturated rings. The standard InChI is InChI=1S/C11H10Cl2N4.ClH/c12-9-6-16-11(13)17-10(9)15-5-7-2-1-3-8(14)4-7;/h1-4,6H,5,14H2,(H,15,16,17);1H. The van der Waals surface area contributed by atoms with Gasteiger partial charge in [-0.15, -0.1) is 0 Å². The quantitative estimate of drug-likeness (QED) is 0.623. The van der Waals surface area contributed by atoms with Crippen molar-refractivity contribution in [2.24, 2.45) is 0 Å². The number of halogens is 3. The maximum absolute atomic E-state index is 5.92. The predicted octanol–water partition coefficient (Wildman–Crippen LogP) is 0.0942. The molecule has 1 aromatic heterocycles. The molecule has 0 bridgehead atoms. The molecule has 0 amide bonds. The lowest BCUT2D eigenvalue weighted by Gasteiger charge is -2.07. The third kappa shape index (κ3) is 3.91. The number of hydrogen-bond donors (Lipinski definition) is 2. The molecule has 0 saturated carbocycles. The summed E-state index contributed by atoms with van der Waals surface area (Å²) in [5.41, 5.74) is 7.44. The van der Waals surface area contributed by atoms with Gasteiger partial charge in [0.05, 0.1) is 6.20 Å². The van der Waals surface area contributed by atoms with Gasteiger partial charge in [-0.25, -0.2) is 4.98 Å². The Morgan fingerprint density at radius 2 is 2.11 bits per heavy atom. The first kappa shape index (κ1) is 14.8. The second-order valence-electron chi connectivity index (χ2n) is 3.43. The Balaban J connectivity index is 0.00000162. The van der Waals surface area contributed by atoms with Gasteiger partial charge >= 0.3 is 1.43 Å². The van der Waals surface area contributed by atoms with Gasteiger partial charge in [0.15, 0.2) is 0 Å². The highest BCUT2D eigenvalue weighted by atomic mass is 35.5. The third-order valence-electron chi connectivity index (χ3n) is 2.13. The molecule has 18 heavy (non-hydrogen) atoms. The van der Waals surface area contributed by atoms with Crippen molar-refractivity contribution < 1.29 is 13.8 Å². The minimum Gasteiger partial charge on any atom is -1.00 e. The van der Waals surface area contributed by atoms with Gasteiger partial charge in [0.1, 0.15) is 10.8 Å². The number of hydrogen-bond acceptors (Lipinski definition) is 4. The summed E-state index contributed by atoms with van der Waals surface area (Å²) in [6.45, 7) is 0.568. The van der Waals surface area contributed by atoms with E-state index >= 15 is 0 Å². The van der Waals surface area contributed by atoms with Gasteiger partial charge in [-0.2, -0.15) is 4.98 Å². The van der Waals surface area contributed by atoms with Crippen LogP contribution in [0.4, 0.5) is 11.5 Å². The van der Waals surface area contributed by atoms with Crippen LogP contribution in [0.1, 0.15) is 6.99 Å². The van der Waals surface area contributed by atoms with Crippen LogP contribution in [0.25, 0.3) is 0 Å². The molecule has 2 aromatic rings. The molecule has 0 unspecified atom stereocenters. The summed E-state index contributed by atoms with van der Waals surface area (Å²) in [6.07, 6.45) is 1.46. The van der Waals surface area contributed by atoms with Crippen molar-refractivity contribution >= 4 is 34.7 Å². The maximum atomic E-state index is 5.92. The average Bonchev–Trinajstić information content (AvgIpc) is 2.30.